The van der Waals surface area contributed by atoms with Crippen molar-refractivity contribution < 1.29 is 9.59 Å². The number of anilines is 2. The van der Waals surface area contributed by atoms with E-state index in [1.807, 2.05) is 60.2 Å². The predicted molar refractivity (Wildman–Crippen MR) is 116 cm³/mol. The van der Waals surface area contributed by atoms with Crippen molar-refractivity contribution in [3.63, 3.8) is 0 Å². The summed E-state index contributed by atoms with van der Waals surface area (Å²) in [7, 11) is 0. The van der Waals surface area contributed by atoms with E-state index in [-0.39, 0.29) is 30.0 Å². The maximum atomic E-state index is 13.1. The Balaban J connectivity index is 1.55. The summed E-state index contributed by atoms with van der Waals surface area (Å²) in [6.07, 6.45) is 0.263. The Bertz CT molecular complexity index is 1030. The number of hydrogen-bond acceptors (Lipinski definition) is 6. The highest BCUT2D eigenvalue weighted by Gasteiger charge is 2.29. The zero-order valence-electron chi connectivity index (χ0n) is 16.2. The Kier molecular flexibility index (Phi) is 5.68. The van der Waals surface area contributed by atoms with Gasteiger partial charge in [0.1, 0.15) is 0 Å². The smallest absolute Gasteiger partial charge is 0.237 e. The molecule has 0 radical (unpaired) electrons. The third-order valence-electron chi connectivity index (χ3n) is 4.73. The highest BCUT2D eigenvalue weighted by molar-refractivity contribution is 7.99. The fourth-order valence-corrected chi connectivity index (χ4v) is 5.01. The number of fused-ring (bicyclic) bond motifs is 1. The number of thioether (sulfide) groups is 1. The number of aromatic nitrogens is 3. The predicted octanol–water partition coefficient (Wildman–Crippen LogP) is 3.88. The fraction of sp³-hybridized carbons (Fsp3) is 0.300. The van der Waals surface area contributed by atoms with E-state index in [1.165, 1.54) is 11.8 Å². The van der Waals surface area contributed by atoms with Gasteiger partial charge in [-0.3, -0.25) is 9.59 Å². The molecule has 7 nitrogen and oxygen atoms in total. The number of amides is 2. The molecule has 1 aliphatic heterocycles. The normalized spacial score (nSPS) is 16.3. The number of nitrogens with zero attached hydrogens (tertiary/aromatic N) is 4. The summed E-state index contributed by atoms with van der Waals surface area (Å²) in [4.78, 5) is 28.0. The first-order valence-corrected chi connectivity index (χ1v) is 11.3. The van der Waals surface area contributed by atoms with Crippen molar-refractivity contribution in [3.05, 3.63) is 41.8 Å². The third kappa shape index (κ3) is 3.92. The zero-order valence-corrected chi connectivity index (χ0v) is 17.8. The van der Waals surface area contributed by atoms with Crippen molar-refractivity contribution >= 4 is 46.3 Å². The van der Waals surface area contributed by atoms with Crippen LogP contribution >= 0.6 is 23.1 Å². The minimum absolute atomic E-state index is 0.0604. The monoisotopic (exact) mass is 427 g/mol. The van der Waals surface area contributed by atoms with E-state index >= 15 is 0 Å². The summed E-state index contributed by atoms with van der Waals surface area (Å²) in [5.74, 6) is 0.893. The van der Waals surface area contributed by atoms with Crippen LogP contribution in [0.15, 0.2) is 46.9 Å². The third-order valence-corrected chi connectivity index (χ3v) is 6.54. The zero-order chi connectivity index (χ0) is 20.4. The van der Waals surface area contributed by atoms with Crippen LogP contribution in [0.1, 0.15) is 20.3 Å². The van der Waals surface area contributed by atoms with E-state index in [0.717, 1.165) is 22.9 Å². The van der Waals surface area contributed by atoms with E-state index in [9.17, 15) is 9.59 Å². The number of hydrogen-bond donors (Lipinski definition) is 1. The second kappa shape index (κ2) is 8.38. The van der Waals surface area contributed by atoms with Gasteiger partial charge in [0.15, 0.2) is 11.0 Å². The van der Waals surface area contributed by atoms with E-state index in [4.69, 9.17) is 0 Å². The molecule has 0 saturated heterocycles. The van der Waals surface area contributed by atoms with Crippen molar-refractivity contribution in [3.8, 4) is 10.7 Å². The van der Waals surface area contributed by atoms with Gasteiger partial charge in [-0.25, -0.2) is 0 Å². The fourth-order valence-electron chi connectivity index (χ4n) is 3.43. The molecule has 4 rings (SSSR count). The number of benzene rings is 1. The summed E-state index contributed by atoms with van der Waals surface area (Å²) >= 11 is 2.99. The minimum atomic E-state index is -0.225. The number of nitrogens with one attached hydrogen (secondary N) is 1. The van der Waals surface area contributed by atoms with Gasteiger partial charge in [0.2, 0.25) is 11.8 Å². The van der Waals surface area contributed by atoms with Gasteiger partial charge < -0.3 is 14.8 Å². The molecular weight excluding hydrogens is 406 g/mol. The highest BCUT2D eigenvalue weighted by atomic mass is 32.2. The first-order valence-electron chi connectivity index (χ1n) is 9.39. The number of thiophene rings is 1. The molecule has 9 heteroatoms. The lowest BCUT2D eigenvalue weighted by Gasteiger charge is -2.27. The molecule has 1 aliphatic rings. The van der Waals surface area contributed by atoms with Gasteiger partial charge >= 0.3 is 0 Å². The molecule has 0 unspecified atom stereocenters. The van der Waals surface area contributed by atoms with Gasteiger partial charge in [0.25, 0.3) is 0 Å². The van der Waals surface area contributed by atoms with Crippen LogP contribution < -0.4 is 10.2 Å². The van der Waals surface area contributed by atoms with Crippen molar-refractivity contribution in [2.75, 3.05) is 16.0 Å². The average molecular weight is 428 g/mol. The van der Waals surface area contributed by atoms with Gasteiger partial charge in [-0.05, 0) is 37.4 Å². The summed E-state index contributed by atoms with van der Waals surface area (Å²) in [5, 5.41) is 14.2. The molecule has 1 atom stereocenters. The second-order valence-corrected chi connectivity index (χ2v) is 8.59. The van der Waals surface area contributed by atoms with Gasteiger partial charge in [0.05, 0.1) is 22.0 Å². The van der Waals surface area contributed by atoms with Crippen LogP contribution in [0.3, 0.4) is 0 Å². The van der Waals surface area contributed by atoms with Crippen LogP contribution in [-0.2, 0) is 16.1 Å². The Morgan fingerprint density at radius 2 is 2.10 bits per heavy atom. The van der Waals surface area contributed by atoms with Gasteiger partial charge in [0, 0.05) is 19.0 Å². The van der Waals surface area contributed by atoms with Crippen molar-refractivity contribution in [2.45, 2.75) is 38.0 Å². The molecule has 0 saturated carbocycles. The van der Waals surface area contributed by atoms with E-state index < -0.39 is 0 Å². The molecule has 1 N–H and O–H groups in total. The standard InChI is InChI=1S/C20H21N5O2S2/c1-3-24-19(16-9-6-10-28-16)22-23-20(24)29-12-18(27)25-13(2)11-17(26)21-14-7-4-5-8-15(14)25/h4-10,13H,3,11-12H2,1-2H3,(H,21,26)/t13-/m1/s1. The van der Waals surface area contributed by atoms with Crippen LogP contribution in [0, 0.1) is 0 Å². The molecule has 0 spiro atoms. The molecule has 150 valence electrons. The van der Waals surface area contributed by atoms with E-state index in [2.05, 4.69) is 15.5 Å². The van der Waals surface area contributed by atoms with E-state index in [1.54, 1.807) is 16.2 Å². The van der Waals surface area contributed by atoms with Crippen LogP contribution in [0.5, 0.6) is 0 Å². The Morgan fingerprint density at radius 1 is 1.28 bits per heavy atom. The average Bonchev–Trinajstić information content (AvgIpc) is 3.34. The molecule has 3 heterocycles. The topological polar surface area (TPSA) is 80.1 Å². The van der Waals surface area contributed by atoms with E-state index in [0.29, 0.717) is 10.8 Å². The highest BCUT2D eigenvalue weighted by Crippen LogP contribution is 2.33. The first-order chi connectivity index (χ1) is 14.1. The molecular formula is C20H21N5O2S2. The molecule has 3 aromatic rings. The summed E-state index contributed by atoms with van der Waals surface area (Å²) < 4.78 is 2.02. The van der Waals surface area contributed by atoms with Crippen molar-refractivity contribution in [2.24, 2.45) is 0 Å². The number of rotatable bonds is 5. The maximum Gasteiger partial charge on any atom is 0.237 e. The Labute approximate surface area is 177 Å². The minimum Gasteiger partial charge on any atom is -0.324 e. The van der Waals surface area contributed by atoms with Gasteiger partial charge in [-0.1, -0.05) is 30.0 Å². The van der Waals surface area contributed by atoms with Crippen LogP contribution in [-0.4, -0.2) is 38.4 Å². The Hall–Kier alpha value is -2.65. The molecule has 0 bridgehead atoms. The molecule has 0 fully saturated rings. The molecule has 0 aliphatic carbocycles. The number of carbonyl (C=O) groups is 2. The lowest BCUT2D eigenvalue weighted by Crippen LogP contribution is -2.40. The van der Waals surface area contributed by atoms with Gasteiger partial charge in [-0.2, -0.15) is 0 Å². The SMILES string of the molecule is CCn1c(SCC(=O)N2c3ccccc3NC(=O)C[C@H]2C)nnc1-c1cccs1. The molecule has 2 aromatic heterocycles. The summed E-state index contributed by atoms with van der Waals surface area (Å²) in [6, 6.07) is 11.2. The van der Waals surface area contributed by atoms with Crippen LogP contribution in [0.25, 0.3) is 10.7 Å². The maximum absolute atomic E-state index is 13.1. The van der Waals surface area contributed by atoms with Crippen molar-refractivity contribution in [1.29, 1.82) is 0 Å². The van der Waals surface area contributed by atoms with Crippen LogP contribution in [0.4, 0.5) is 11.4 Å². The largest absolute Gasteiger partial charge is 0.324 e. The van der Waals surface area contributed by atoms with Gasteiger partial charge in [-0.15, -0.1) is 21.5 Å². The van der Waals surface area contributed by atoms with Crippen LogP contribution in [0.2, 0.25) is 0 Å². The lowest BCUT2D eigenvalue weighted by atomic mass is 10.2. The Morgan fingerprint density at radius 3 is 2.86 bits per heavy atom. The first kappa shape index (κ1) is 19.7. The summed E-state index contributed by atoms with van der Waals surface area (Å²) in [5.41, 5.74) is 1.39. The molecule has 2 amide bonds. The number of carbonyl (C=O) groups excluding carboxylic acids is 2. The lowest BCUT2D eigenvalue weighted by molar-refractivity contribution is -0.117. The quantitative estimate of drug-likeness (QED) is 0.625. The second-order valence-electron chi connectivity index (χ2n) is 6.70. The molecule has 1 aromatic carbocycles. The van der Waals surface area contributed by atoms with Crippen molar-refractivity contribution in [1.82, 2.24) is 14.8 Å². The summed E-state index contributed by atoms with van der Waals surface area (Å²) in [6.45, 7) is 4.66. The molecule has 29 heavy (non-hydrogen) atoms. The number of para-hydroxylation sites is 2.